The third-order valence-electron chi connectivity index (χ3n) is 6.19. The number of rotatable bonds is 5. The second-order valence-corrected chi connectivity index (χ2v) is 8.34. The first-order valence-electron chi connectivity index (χ1n) is 10.9. The fourth-order valence-corrected chi connectivity index (χ4v) is 4.48. The minimum Gasteiger partial charge on any atom is -0.375 e. The normalized spacial score (nSPS) is 18.2. The number of piperidine rings is 1. The Morgan fingerprint density at radius 3 is 2.69 bits per heavy atom. The highest BCUT2D eigenvalue weighted by molar-refractivity contribution is 5.96. The van der Waals surface area contributed by atoms with Crippen LogP contribution in [0, 0.1) is 5.92 Å². The van der Waals surface area contributed by atoms with Crippen LogP contribution in [-0.4, -0.2) is 70.7 Å². The van der Waals surface area contributed by atoms with Gasteiger partial charge in [-0.15, -0.1) is 0 Å². The zero-order valence-electron chi connectivity index (χ0n) is 18.5. The molecule has 9 heteroatoms. The van der Waals surface area contributed by atoms with E-state index in [2.05, 4.69) is 10.4 Å². The van der Waals surface area contributed by atoms with Crippen molar-refractivity contribution in [3.05, 3.63) is 47.3 Å². The summed E-state index contributed by atoms with van der Waals surface area (Å²) < 4.78 is 6.71. The van der Waals surface area contributed by atoms with Crippen LogP contribution in [0.5, 0.6) is 0 Å². The maximum atomic E-state index is 13.4. The molecule has 0 unspecified atom stereocenters. The quantitative estimate of drug-likeness (QED) is 0.761. The molecule has 1 aromatic heterocycles. The van der Waals surface area contributed by atoms with Crippen molar-refractivity contribution in [2.24, 2.45) is 13.0 Å². The van der Waals surface area contributed by atoms with Crippen LogP contribution in [0.1, 0.15) is 34.6 Å². The number of methoxy groups -OCH3 is 1. The number of carbonyl (C=O) groups is 3. The van der Waals surface area contributed by atoms with Crippen LogP contribution in [0.4, 0.5) is 5.69 Å². The minimum absolute atomic E-state index is 0.0171. The van der Waals surface area contributed by atoms with Crippen molar-refractivity contribution >= 4 is 23.4 Å². The van der Waals surface area contributed by atoms with Gasteiger partial charge in [-0.25, -0.2) is 0 Å². The van der Waals surface area contributed by atoms with Crippen molar-refractivity contribution in [2.45, 2.75) is 25.8 Å². The largest absolute Gasteiger partial charge is 0.375 e. The van der Waals surface area contributed by atoms with E-state index in [9.17, 15) is 14.4 Å². The van der Waals surface area contributed by atoms with Crippen LogP contribution in [0.3, 0.4) is 0 Å². The first-order valence-corrected chi connectivity index (χ1v) is 10.9. The molecule has 9 nitrogen and oxygen atoms in total. The van der Waals surface area contributed by atoms with Gasteiger partial charge in [0.2, 0.25) is 11.8 Å². The molecule has 1 fully saturated rings. The molecule has 170 valence electrons. The number of carbonyl (C=O) groups excluding carboxylic acids is 3. The number of fused-ring (bicyclic) bond motifs is 1. The van der Waals surface area contributed by atoms with Gasteiger partial charge in [0.05, 0.1) is 5.92 Å². The molecule has 2 aromatic rings. The van der Waals surface area contributed by atoms with E-state index in [0.717, 1.165) is 29.8 Å². The number of anilines is 1. The van der Waals surface area contributed by atoms with Crippen molar-refractivity contribution < 1.29 is 19.1 Å². The van der Waals surface area contributed by atoms with Crippen LogP contribution in [0.2, 0.25) is 0 Å². The van der Waals surface area contributed by atoms with Gasteiger partial charge in [0.25, 0.3) is 5.91 Å². The molecule has 2 aliphatic rings. The summed E-state index contributed by atoms with van der Waals surface area (Å²) in [5, 5.41) is 7.44. The molecule has 4 rings (SSSR count). The van der Waals surface area contributed by atoms with Crippen LogP contribution >= 0.6 is 0 Å². The number of amides is 3. The number of aromatic nitrogens is 2. The topological polar surface area (TPSA) is 96.8 Å². The van der Waals surface area contributed by atoms with Crippen LogP contribution < -0.4 is 5.32 Å². The van der Waals surface area contributed by atoms with E-state index in [0.29, 0.717) is 38.3 Å². The third-order valence-corrected chi connectivity index (χ3v) is 6.19. The maximum Gasteiger partial charge on any atom is 0.274 e. The molecule has 3 amide bonds. The first kappa shape index (κ1) is 22.0. The van der Waals surface area contributed by atoms with E-state index < -0.39 is 0 Å². The van der Waals surface area contributed by atoms with Crippen molar-refractivity contribution in [3.8, 4) is 0 Å². The Morgan fingerprint density at radius 2 is 1.94 bits per heavy atom. The van der Waals surface area contributed by atoms with E-state index >= 15 is 0 Å². The molecule has 0 radical (unpaired) electrons. The average Bonchev–Trinajstić information content (AvgIpc) is 3.15. The fourth-order valence-electron chi connectivity index (χ4n) is 4.48. The molecular formula is C23H29N5O4. The van der Waals surface area contributed by atoms with Gasteiger partial charge in [0.1, 0.15) is 6.61 Å². The molecule has 1 saturated heterocycles. The molecule has 0 aliphatic carbocycles. The molecule has 0 spiro atoms. The van der Waals surface area contributed by atoms with Crippen molar-refractivity contribution in [2.75, 3.05) is 38.7 Å². The predicted molar refractivity (Wildman–Crippen MR) is 118 cm³/mol. The van der Waals surface area contributed by atoms with Gasteiger partial charge in [-0.2, -0.15) is 5.10 Å². The fraction of sp³-hybridized carbons (Fsp3) is 0.478. The molecule has 0 saturated carbocycles. The lowest BCUT2D eigenvalue weighted by Gasteiger charge is -2.32. The van der Waals surface area contributed by atoms with E-state index in [1.807, 2.05) is 37.4 Å². The Balaban J connectivity index is 1.47. The molecule has 32 heavy (non-hydrogen) atoms. The van der Waals surface area contributed by atoms with Gasteiger partial charge in [-0.05, 0) is 25.0 Å². The SMILES string of the molecule is COCC(=O)N1CCc2c(c(C(=O)N3CCC[C@H](C(=O)Nc4ccccc4)C3)nn2C)C1. The van der Waals surface area contributed by atoms with Crippen molar-refractivity contribution in [1.82, 2.24) is 19.6 Å². The second-order valence-electron chi connectivity index (χ2n) is 8.34. The van der Waals surface area contributed by atoms with E-state index in [1.54, 1.807) is 14.5 Å². The molecule has 1 aromatic carbocycles. The molecule has 2 aliphatic heterocycles. The first-order chi connectivity index (χ1) is 15.5. The molecule has 1 atom stereocenters. The Bertz CT molecular complexity index is 1000. The summed E-state index contributed by atoms with van der Waals surface area (Å²) in [7, 11) is 3.32. The van der Waals surface area contributed by atoms with Gasteiger partial charge < -0.3 is 19.9 Å². The molecule has 1 N–H and O–H groups in total. The van der Waals surface area contributed by atoms with Crippen LogP contribution in [-0.2, 0) is 34.3 Å². The highest BCUT2D eigenvalue weighted by Gasteiger charge is 2.34. The van der Waals surface area contributed by atoms with Crippen LogP contribution in [0.25, 0.3) is 0 Å². The van der Waals surface area contributed by atoms with Crippen molar-refractivity contribution in [1.29, 1.82) is 0 Å². The van der Waals surface area contributed by atoms with Gasteiger partial charge in [0.15, 0.2) is 5.69 Å². The Labute approximate surface area is 187 Å². The lowest BCUT2D eigenvalue weighted by Crippen LogP contribution is -2.44. The lowest BCUT2D eigenvalue weighted by atomic mass is 9.96. The number of benzene rings is 1. The number of aryl methyl sites for hydroxylation is 1. The highest BCUT2D eigenvalue weighted by Crippen LogP contribution is 2.26. The minimum atomic E-state index is -0.271. The number of nitrogens with one attached hydrogen (secondary N) is 1. The Kier molecular flexibility index (Phi) is 6.55. The lowest BCUT2D eigenvalue weighted by molar-refractivity contribution is -0.136. The molecule has 3 heterocycles. The van der Waals surface area contributed by atoms with Gasteiger partial charge in [-0.1, -0.05) is 18.2 Å². The number of hydrogen-bond donors (Lipinski definition) is 1. The summed E-state index contributed by atoms with van der Waals surface area (Å²) in [6, 6.07) is 9.34. The Morgan fingerprint density at radius 1 is 1.16 bits per heavy atom. The number of para-hydroxylation sites is 1. The van der Waals surface area contributed by atoms with Gasteiger partial charge in [-0.3, -0.25) is 19.1 Å². The molecular weight excluding hydrogens is 410 g/mol. The van der Waals surface area contributed by atoms with E-state index in [4.69, 9.17) is 4.74 Å². The third kappa shape index (κ3) is 4.52. The number of nitrogens with zero attached hydrogens (tertiary/aromatic N) is 4. The number of likely N-dealkylation sites (tertiary alicyclic amines) is 1. The van der Waals surface area contributed by atoms with Crippen molar-refractivity contribution in [3.63, 3.8) is 0 Å². The van der Waals surface area contributed by atoms with Gasteiger partial charge in [0, 0.05) is 63.7 Å². The average molecular weight is 440 g/mol. The summed E-state index contributed by atoms with van der Waals surface area (Å²) >= 11 is 0. The smallest absolute Gasteiger partial charge is 0.274 e. The standard InChI is InChI=1S/C23H29N5O4/c1-26-19-10-12-27(20(29)15-32-2)14-18(19)21(25-26)23(31)28-11-6-7-16(13-28)22(30)24-17-8-4-3-5-9-17/h3-5,8-9,16H,6-7,10-15H2,1-2H3,(H,24,30)/t16-/m0/s1. The summed E-state index contributed by atoms with van der Waals surface area (Å²) in [5.74, 6) is -0.628. The van der Waals surface area contributed by atoms with E-state index in [-0.39, 0.29) is 30.2 Å². The summed E-state index contributed by atoms with van der Waals surface area (Å²) in [4.78, 5) is 41.9. The zero-order valence-corrected chi connectivity index (χ0v) is 18.5. The summed E-state index contributed by atoms with van der Waals surface area (Å²) in [6.07, 6.45) is 2.14. The number of ether oxygens (including phenoxy) is 1. The summed E-state index contributed by atoms with van der Waals surface area (Å²) in [6.45, 7) is 1.88. The van der Waals surface area contributed by atoms with E-state index in [1.165, 1.54) is 7.11 Å². The zero-order chi connectivity index (χ0) is 22.7. The molecule has 0 bridgehead atoms. The monoisotopic (exact) mass is 439 g/mol. The highest BCUT2D eigenvalue weighted by atomic mass is 16.5. The summed E-state index contributed by atoms with van der Waals surface area (Å²) in [5.41, 5.74) is 2.90. The number of hydrogen-bond acceptors (Lipinski definition) is 5. The van der Waals surface area contributed by atoms with Crippen LogP contribution in [0.15, 0.2) is 30.3 Å². The van der Waals surface area contributed by atoms with Gasteiger partial charge >= 0.3 is 0 Å². The predicted octanol–water partition coefficient (Wildman–Crippen LogP) is 1.44. The second kappa shape index (κ2) is 9.52. The maximum absolute atomic E-state index is 13.4. The Hall–Kier alpha value is -3.20.